The van der Waals surface area contributed by atoms with Gasteiger partial charge in [-0.25, -0.2) is 29.7 Å². The van der Waals surface area contributed by atoms with Crippen LogP contribution in [-0.4, -0.2) is 54.5 Å². The zero-order valence-electron chi connectivity index (χ0n) is 26.4. The molecule has 5 N–H and O–H groups in total. The van der Waals surface area contributed by atoms with Gasteiger partial charge in [0.15, 0.2) is 0 Å². The van der Waals surface area contributed by atoms with E-state index in [0.717, 1.165) is 0 Å². The molecule has 0 fully saturated rings. The molecule has 2 atom stereocenters. The first-order valence-electron chi connectivity index (χ1n) is 14.4. The van der Waals surface area contributed by atoms with Gasteiger partial charge in [-0.05, 0) is 72.9 Å². The lowest BCUT2D eigenvalue weighted by Crippen LogP contribution is -2.46. The van der Waals surface area contributed by atoms with Gasteiger partial charge in [0.05, 0.1) is 17.1 Å². The molecule has 3 aromatic carbocycles. The van der Waals surface area contributed by atoms with Gasteiger partial charge in [-0.2, -0.15) is 25.9 Å². The minimum Gasteiger partial charge on any atom is -0.448 e. The van der Waals surface area contributed by atoms with Crippen LogP contribution in [0.2, 0.25) is 0 Å². The molecule has 15 nitrogen and oxygen atoms in total. The SMILES string of the molecule is C=CC(COC(=O)Nc1ccc(C)c(N=C=O)c1)(C(CNOO)c1ccc(C)c(N=C=O)c1)C(CNOO)c1ccc(C)c(N=C=O)c1. The first-order chi connectivity index (χ1) is 23.2. The molecule has 0 saturated heterocycles. The Kier molecular flexibility index (Phi) is 13.9. The summed E-state index contributed by atoms with van der Waals surface area (Å²) in [7, 11) is 0. The molecular formula is C33H34N6O9. The van der Waals surface area contributed by atoms with Crippen molar-refractivity contribution in [2.24, 2.45) is 20.4 Å². The Morgan fingerprint density at radius 3 is 1.65 bits per heavy atom. The third-order valence-corrected chi connectivity index (χ3v) is 8.06. The van der Waals surface area contributed by atoms with Crippen LogP contribution in [0.25, 0.3) is 0 Å². The fraction of sp³-hybridized carbons (Fsp3) is 0.273. The van der Waals surface area contributed by atoms with Crippen molar-refractivity contribution in [3.8, 4) is 0 Å². The van der Waals surface area contributed by atoms with E-state index in [1.54, 1.807) is 75.4 Å². The predicted molar refractivity (Wildman–Crippen MR) is 173 cm³/mol. The highest BCUT2D eigenvalue weighted by atomic mass is 17.2. The number of hydroxylamine groups is 2. The maximum Gasteiger partial charge on any atom is 0.411 e. The highest BCUT2D eigenvalue weighted by molar-refractivity contribution is 5.85. The molecule has 3 rings (SSSR count). The van der Waals surface area contributed by atoms with Crippen molar-refractivity contribution < 1.29 is 44.4 Å². The number of nitrogens with zero attached hydrogens (tertiary/aromatic N) is 3. The molecule has 0 aliphatic rings. The molecule has 0 saturated carbocycles. The topological polar surface area (TPSA) is 210 Å². The number of hydrogen-bond donors (Lipinski definition) is 5. The van der Waals surface area contributed by atoms with Gasteiger partial charge in [-0.3, -0.25) is 5.32 Å². The van der Waals surface area contributed by atoms with Crippen LogP contribution in [0.3, 0.4) is 0 Å². The number of anilines is 1. The Labute approximate surface area is 275 Å². The number of nitrogens with one attached hydrogen (secondary N) is 3. The smallest absolute Gasteiger partial charge is 0.411 e. The number of isocyanates is 3. The molecule has 0 aromatic heterocycles. The average molecular weight is 659 g/mol. The maximum atomic E-state index is 13.3. The van der Waals surface area contributed by atoms with Crippen molar-refractivity contribution in [1.82, 2.24) is 11.0 Å². The molecule has 0 radical (unpaired) electrons. The van der Waals surface area contributed by atoms with Gasteiger partial charge in [0.2, 0.25) is 18.2 Å². The number of rotatable bonds is 17. The third kappa shape index (κ3) is 9.10. The van der Waals surface area contributed by atoms with Crippen molar-refractivity contribution in [3.63, 3.8) is 0 Å². The van der Waals surface area contributed by atoms with Crippen LogP contribution in [0.5, 0.6) is 0 Å². The summed E-state index contributed by atoms with van der Waals surface area (Å²) < 4.78 is 5.84. The molecule has 250 valence electrons. The fourth-order valence-electron chi connectivity index (χ4n) is 5.49. The Morgan fingerprint density at radius 1 is 0.792 bits per heavy atom. The van der Waals surface area contributed by atoms with Crippen molar-refractivity contribution in [2.75, 3.05) is 25.0 Å². The monoisotopic (exact) mass is 658 g/mol. The second-order valence-electron chi connectivity index (χ2n) is 10.7. The number of ether oxygens (including phenoxy) is 1. The number of amides is 1. The average Bonchev–Trinajstić information content (AvgIpc) is 3.07. The van der Waals surface area contributed by atoms with Crippen LogP contribution in [0.1, 0.15) is 39.7 Å². The third-order valence-electron chi connectivity index (χ3n) is 8.06. The van der Waals surface area contributed by atoms with Crippen LogP contribution in [0.15, 0.2) is 82.2 Å². The Bertz CT molecular complexity index is 1680. The van der Waals surface area contributed by atoms with E-state index in [1.165, 1.54) is 24.3 Å². The lowest BCUT2D eigenvalue weighted by atomic mass is 9.62. The first kappa shape index (κ1) is 37.0. The van der Waals surface area contributed by atoms with Gasteiger partial charge in [0, 0.05) is 36.0 Å². The van der Waals surface area contributed by atoms with Crippen LogP contribution < -0.4 is 16.3 Å². The molecule has 3 aromatic rings. The zero-order valence-corrected chi connectivity index (χ0v) is 26.4. The lowest BCUT2D eigenvalue weighted by molar-refractivity contribution is -0.295. The number of aliphatic imine (C=N–C) groups is 3. The summed E-state index contributed by atoms with van der Waals surface area (Å²) in [5.74, 6) is -1.57. The van der Waals surface area contributed by atoms with E-state index in [0.29, 0.717) is 44.9 Å². The van der Waals surface area contributed by atoms with E-state index in [2.05, 4.69) is 47.8 Å². The van der Waals surface area contributed by atoms with Crippen LogP contribution in [0, 0.1) is 26.2 Å². The highest BCUT2D eigenvalue weighted by Gasteiger charge is 2.46. The minimum atomic E-state index is -1.36. The van der Waals surface area contributed by atoms with E-state index >= 15 is 0 Å². The lowest BCUT2D eigenvalue weighted by Gasteiger charge is -2.44. The van der Waals surface area contributed by atoms with E-state index < -0.39 is 23.3 Å². The number of carbonyl (C=O) groups excluding carboxylic acids is 4. The molecule has 0 aliphatic carbocycles. The van der Waals surface area contributed by atoms with Gasteiger partial charge < -0.3 is 4.74 Å². The Hall–Kier alpha value is -5.43. The van der Waals surface area contributed by atoms with Gasteiger partial charge in [0.25, 0.3) is 0 Å². The summed E-state index contributed by atoms with van der Waals surface area (Å²) >= 11 is 0. The van der Waals surface area contributed by atoms with E-state index in [-0.39, 0.29) is 25.4 Å². The largest absolute Gasteiger partial charge is 0.448 e. The molecule has 15 heteroatoms. The molecule has 0 aliphatic heterocycles. The molecule has 0 spiro atoms. The van der Waals surface area contributed by atoms with E-state index in [9.17, 15) is 29.7 Å². The molecule has 2 unspecified atom stereocenters. The second kappa shape index (κ2) is 18.0. The summed E-state index contributed by atoms with van der Waals surface area (Å²) in [5.41, 5.74) is 7.85. The summed E-state index contributed by atoms with van der Waals surface area (Å²) in [6.45, 7) is 8.72. The van der Waals surface area contributed by atoms with Crippen molar-refractivity contribution in [1.29, 1.82) is 0 Å². The highest BCUT2D eigenvalue weighted by Crippen LogP contribution is 2.49. The van der Waals surface area contributed by atoms with Crippen LogP contribution in [0.4, 0.5) is 27.5 Å². The van der Waals surface area contributed by atoms with Crippen molar-refractivity contribution in [3.05, 3.63) is 95.1 Å². The molecule has 1 amide bonds. The zero-order chi connectivity index (χ0) is 35.1. The first-order valence-corrected chi connectivity index (χ1v) is 14.4. The van der Waals surface area contributed by atoms with Gasteiger partial charge in [-0.1, -0.05) is 36.4 Å². The molecular weight excluding hydrogens is 624 g/mol. The maximum absolute atomic E-state index is 13.3. The number of carbonyl (C=O) groups is 1. The van der Waals surface area contributed by atoms with Crippen LogP contribution >= 0.6 is 0 Å². The normalized spacial score (nSPS) is 13.0. The fourth-order valence-corrected chi connectivity index (χ4v) is 5.49. The Balaban J connectivity index is 2.23. The molecule has 0 heterocycles. The predicted octanol–water partition coefficient (Wildman–Crippen LogP) is 5.79. The van der Waals surface area contributed by atoms with Crippen molar-refractivity contribution >= 4 is 47.1 Å². The number of aryl methyl sites for hydroxylation is 3. The summed E-state index contributed by atoms with van der Waals surface area (Å²) in [4.78, 5) is 66.3. The van der Waals surface area contributed by atoms with Gasteiger partial charge >= 0.3 is 6.09 Å². The Morgan fingerprint density at radius 2 is 1.23 bits per heavy atom. The van der Waals surface area contributed by atoms with E-state index in [4.69, 9.17) is 4.74 Å². The van der Waals surface area contributed by atoms with Crippen molar-refractivity contribution in [2.45, 2.75) is 32.6 Å². The molecule has 0 bridgehead atoms. The molecule has 48 heavy (non-hydrogen) atoms. The summed E-state index contributed by atoms with van der Waals surface area (Å²) in [6.07, 6.45) is 5.21. The second-order valence-corrected chi connectivity index (χ2v) is 10.7. The van der Waals surface area contributed by atoms with Crippen LogP contribution in [-0.2, 0) is 29.1 Å². The summed E-state index contributed by atoms with van der Waals surface area (Å²) in [5, 5.41) is 21.3. The minimum absolute atomic E-state index is 0.118. The summed E-state index contributed by atoms with van der Waals surface area (Å²) in [6, 6.07) is 15.0. The standard InChI is InChI=1S/C33H34N6O9/c1-5-33(17-46-32(43)39-26-11-8-23(4)31(14-26)36-20-42,27(15-37-47-44)24-9-6-21(2)29(12-24)34-18-40)28(16-38-48-45)25-10-7-22(3)30(13-25)35-19-41/h5-14,27-28,37-38,44-45H,1,15-17H2,2-4H3,(H,39,43). The number of benzene rings is 3. The van der Waals surface area contributed by atoms with Gasteiger partial charge in [-0.15, -0.1) is 16.6 Å². The van der Waals surface area contributed by atoms with Gasteiger partial charge in [0.1, 0.15) is 6.61 Å². The number of hydrogen-bond acceptors (Lipinski definition) is 14. The quantitative estimate of drug-likeness (QED) is 0.0385. The van der Waals surface area contributed by atoms with E-state index in [1.807, 2.05) is 0 Å².